The van der Waals surface area contributed by atoms with Crippen molar-refractivity contribution in [1.29, 1.82) is 0 Å². The highest BCUT2D eigenvalue weighted by atomic mass is 19.1. The third-order valence-electron chi connectivity index (χ3n) is 4.85. The molecule has 0 saturated carbocycles. The smallest absolute Gasteiger partial charge is 0.244 e. The summed E-state index contributed by atoms with van der Waals surface area (Å²) in [5, 5.41) is 2.80. The van der Waals surface area contributed by atoms with Crippen molar-refractivity contribution < 1.29 is 13.9 Å². The molecule has 0 fully saturated rings. The van der Waals surface area contributed by atoms with Crippen molar-refractivity contribution in [3.05, 3.63) is 77.3 Å². The van der Waals surface area contributed by atoms with Gasteiger partial charge in [0.25, 0.3) is 0 Å². The maximum Gasteiger partial charge on any atom is 0.244 e. The number of amides is 1. The number of pyridine rings is 1. The Morgan fingerprint density at radius 3 is 2.93 bits per heavy atom. The summed E-state index contributed by atoms with van der Waals surface area (Å²) >= 11 is 0. The van der Waals surface area contributed by atoms with Gasteiger partial charge in [0, 0.05) is 36.0 Å². The fourth-order valence-corrected chi connectivity index (χ4v) is 3.37. The van der Waals surface area contributed by atoms with Crippen molar-refractivity contribution in [1.82, 2.24) is 20.3 Å². The van der Waals surface area contributed by atoms with Crippen LogP contribution >= 0.6 is 0 Å². The van der Waals surface area contributed by atoms with E-state index >= 15 is 0 Å². The van der Waals surface area contributed by atoms with Crippen molar-refractivity contribution in [3.63, 3.8) is 0 Å². The molecule has 1 aliphatic heterocycles. The zero-order valence-electron chi connectivity index (χ0n) is 16.7. The highest BCUT2D eigenvalue weighted by molar-refractivity contribution is 5.91. The molecule has 7 heteroatoms. The van der Waals surface area contributed by atoms with E-state index in [1.54, 1.807) is 30.6 Å². The lowest BCUT2D eigenvalue weighted by Crippen LogP contribution is -2.33. The number of rotatable bonds is 5. The molecular weight excluding hydrogens is 383 g/mol. The van der Waals surface area contributed by atoms with Gasteiger partial charge >= 0.3 is 0 Å². The van der Waals surface area contributed by atoms with Gasteiger partial charge in [-0.05, 0) is 44.2 Å². The van der Waals surface area contributed by atoms with Crippen molar-refractivity contribution in [2.24, 2.45) is 0 Å². The predicted octanol–water partition coefficient (Wildman–Crippen LogP) is 3.43. The summed E-state index contributed by atoms with van der Waals surface area (Å²) < 4.78 is 20.4. The van der Waals surface area contributed by atoms with E-state index in [1.807, 2.05) is 26.0 Å². The lowest BCUT2D eigenvalue weighted by atomic mass is 10.0. The number of aromatic nitrogens is 3. The van der Waals surface area contributed by atoms with Crippen LogP contribution in [0.4, 0.5) is 4.39 Å². The molecule has 6 nitrogen and oxygen atoms in total. The molecular formula is C23H21FN4O2. The second-order valence-electron chi connectivity index (χ2n) is 7.13. The molecule has 1 aliphatic rings. The van der Waals surface area contributed by atoms with Gasteiger partial charge in [-0.3, -0.25) is 14.8 Å². The quantitative estimate of drug-likeness (QED) is 0.660. The Morgan fingerprint density at radius 1 is 1.27 bits per heavy atom. The molecule has 0 radical (unpaired) electrons. The maximum absolute atomic E-state index is 14.4. The maximum atomic E-state index is 14.4. The number of aryl methyl sites for hydroxylation is 2. The number of halogens is 1. The monoisotopic (exact) mass is 404 g/mol. The van der Waals surface area contributed by atoms with Gasteiger partial charge in [0.05, 0.1) is 29.3 Å². The van der Waals surface area contributed by atoms with Crippen molar-refractivity contribution in [2.75, 3.05) is 6.54 Å². The Morgan fingerprint density at radius 2 is 2.13 bits per heavy atom. The average Bonchev–Trinajstić information content (AvgIpc) is 3.19. The number of hydrogen-bond acceptors (Lipinski definition) is 5. The van der Waals surface area contributed by atoms with E-state index in [0.717, 1.165) is 11.4 Å². The molecule has 1 amide bonds. The van der Waals surface area contributed by atoms with Crippen molar-refractivity contribution in [2.45, 2.75) is 26.4 Å². The number of hydrogen-bond donors (Lipinski definition) is 1. The van der Waals surface area contributed by atoms with E-state index in [-0.39, 0.29) is 24.4 Å². The van der Waals surface area contributed by atoms with Gasteiger partial charge in [-0.2, -0.15) is 0 Å². The highest BCUT2D eigenvalue weighted by Crippen LogP contribution is 2.40. The third-order valence-corrected chi connectivity index (χ3v) is 4.85. The van der Waals surface area contributed by atoms with Crippen LogP contribution in [-0.4, -0.2) is 33.5 Å². The molecule has 0 aliphatic carbocycles. The largest absolute Gasteiger partial charge is 0.487 e. The van der Waals surface area contributed by atoms with Crippen LogP contribution in [-0.2, 0) is 11.2 Å². The van der Waals surface area contributed by atoms with Crippen LogP contribution in [0.1, 0.15) is 22.6 Å². The normalized spacial score (nSPS) is 15.1. The first kappa shape index (κ1) is 19.7. The number of fused-ring (bicyclic) bond motifs is 1. The minimum Gasteiger partial charge on any atom is -0.487 e. The number of benzene rings is 1. The molecule has 0 spiro atoms. The van der Waals surface area contributed by atoms with E-state index < -0.39 is 0 Å². The number of nitrogens with one attached hydrogen (secondary N) is 1. The standard InChI is InChI=1S/C23H21FN4O2/c1-14-12-26-15(2)22(28-14)18-7-8-20(24)19-11-17(30-23(18)19)13-27-21(29)9-6-16-5-3-4-10-25-16/h3-10,12,17H,11,13H2,1-2H3,(H,27,29)/b9-6+/t17-/m1/s1. The second kappa shape index (κ2) is 8.41. The Hall–Kier alpha value is -3.61. The number of nitrogens with zero attached hydrogens (tertiary/aromatic N) is 3. The Bertz CT molecular complexity index is 1120. The van der Waals surface area contributed by atoms with Gasteiger partial charge in [0.1, 0.15) is 17.7 Å². The molecule has 3 heterocycles. The van der Waals surface area contributed by atoms with Gasteiger partial charge in [0.2, 0.25) is 5.91 Å². The minimum absolute atomic E-state index is 0.261. The third kappa shape index (κ3) is 4.20. The SMILES string of the molecule is Cc1cnc(C)c(-c2ccc(F)c3c2O[C@@H](CNC(=O)/C=C/c2ccccn2)C3)n1. The fourth-order valence-electron chi connectivity index (χ4n) is 3.37. The molecule has 1 aromatic carbocycles. The number of ether oxygens (including phenoxy) is 1. The first-order valence-electron chi connectivity index (χ1n) is 9.67. The van der Waals surface area contributed by atoms with Crippen LogP contribution in [0.2, 0.25) is 0 Å². The topological polar surface area (TPSA) is 77.0 Å². The van der Waals surface area contributed by atoms with Gasteiger partial charge in [-0.1, -0.05) is 6.07 Å². The zero-order valence-corrected chi connectivity index (χ0v) is 16.7. The van der Waals surface area contributed by atoms with Crippen molar-refractivity contribution in [3.8, 4) is 17.0 Å². The molecule has 1 N–H and O–H groups in total. The van der Waals surface area contributed by atoms with Crippen LogP contribution < -0.4 is 10.1 Å². The number of carbonyl (C=O) groups excluding carboxylic acids is 1. The Kier molecular flexibility index (Phi) is 5.52. The van der Waals surface area contributed by atoms with E-state index in [9.17, 15) is 9.18 Å². The first-order chi connectivity index (χ1) is 14.5. The lowest BCUT2D eigenvalue weighted by molar-refractivity contribution is -0.116. The van der Waals surface area contributed by atoms with E-state index in [2.05, 4.69) is 20.3 Å². The summed E-state index contributed by atoms with van der Waals surface area (Å²) in [7, 11) is 0. The molecule has 3 aromatic rings. The lowest BCUT2D eigenvalue weighted by Gasteiger charge is -2.13. The molecule has 1 atom stereocenters. The minimum atomic E-state index is -0.360. The Balaban J connectivity index is 1.47. The molecule has 0 bridgehead atoms. The van der Waals surface area contributed by atoms with Gasteiger partial charge in [-0.25, -0.2) is 9.37 Å². The number of carbonyl (C=O) groups is 1. The molecule has 2 aromatic heterocycles. The molecule has 30 heavy (non-hydrogen) atoms. The summed E-state index contributed by atoms with van der Waals surface area (Å²) in [6.07, 6.45) is 6.42. The van der Waals surface area contributed by atoms with Crippen molar-refractivity contribution >= 4 is 12.0 Å². The summed E-state index contributed by atoms with van der Waals surface area (Å²) in [6, 6.07) is 8.56. The molecule has 0 unspecified atom stereocenters. The van der Waals surface area contributed by atoms with Gasteiger partial charge in [0.15, 0.2) is 0 Å². The van der Waals surface area contributed by atoms with E-state index in [1.165, 1.54) is 12.1 Å². The summed E-state index contributed by atoms with van der Waals surface area (Å²) in [5.74, 6) is -0.113. The second-order valence-corrected chi connectivity index (χ2v) is 7.13. The van der Waals surface area contributed by atoms with Gasteiger partial charge in [-0.15, -0.1) is 0 Å². The highest BCUT2D eigenvalue weighted by Gasteiger charge is 2.30. The summed E-state index contributed by atoms with van der Waals surface area (Å²) in [6.45, 7) is 3.98. The predicted molar refractivity (Wildman–Crippen MR) is 111 cm³/mol. The van der Waals surface area contributed by atoms with E-state index in [4.69, 9.17) is 4.74 Å². The summed E-state index contributed by atoms with van der Waals surface area (Å²) in [4.78, 5) is 25.1. The molecule has 4 rings (SSSR count). The average molecular weight is 404 g/mol. The fraction of sp³-hybridized carbons (Fsp3) is 0.217. The van der Waals surface area contributed by atoms with E-state index in [0.29, 0.717) is 34.7 Å². The molecule has 152 valence electrons. The van der Waals surface area contributed by atoms with Crippen LogP contribution in [0.25, 0.3) is 17.3 Å². The molecule has 0 saturated heterocycles. The Labute approximate surface area is 173 Å². The van der Waals surface area contributed by atoms with Crippen LogP contribution in [0.5, 0.6) is 5.75 Å². The zero-order chi connectivity index (χ0) is 21.1. The first-order valence-corrected chi connectivity index (χ1v) is 9.67. The van der Waals surface area contributed by atoms with Crippen LogP contribution in [0, 0.1) is 19.7 Å². The van der Waals surface area contributed by atoms with Gasteiger partial charge < -0.3 is 10.1 Å². The summed E-state index contributed by atoms with van der Waals surface area (Å²) in [5.41, 5.74) is 4.10. The van der Waals surface area contributed by atoms with Crippen LogP contribution in [0.3, 0.4) is 0 Å². The van der Waals surface area contributed by atoms with Crippen LogP contribution in [0.15, 0.2) is 48.8 Å².